The maximum absolute atomic E-state index is 6.27. The Morgan fingerprint density at radius 1 is 1.25 bits per heavy atom. The van der Waals surface area contributed by atoms with E-state index in [9.17, 15) is 0 Å². The van der Waals surface area contributed by atoms with Gasteiger partial charge in [-0.3, -0.25) is 0 Å². The zero-order valence-corrected chi connectivity index (χ0v) is 13.6. The molecule has 0 spiro atoms. The summed E-state index contributed by atoms with van der Waals surface area (Å²) in [6, 6.07) is 9.00. The summed E-state index contributed by atoms with van der Waals surface area (Å²) in [4.78, 5) is 0. The largest absolute Gasteiger partial charge is 0.314 e. The molecule has 0 saturated heterocycles. The Morgan fingerprint density at radius 2 is 2.00 bits per heavy atom. The van der Waals surface area contributed by atoms with Crippen LogP contribution in [0.15, 0.2) is 24.3 Å². The molecule has 0 aliphatic heterocycles. The molecular formula is C18H28ClN. The van der Waals surface area contributed by atoms with E-state index in [0.717, 1.165) is 10.9 Å². The Hall–Kier alpha value is -0.530. The smallest absolute Gasteiger partial charge is 0.0440 e. The lowest BCUT2D eigenvalue weighted by Gasteiger charge is -2.37. The average molecular weight is 294 g/mol. The van der Waals surface area contributed by atoms with Crippen LogP contribution in [-0.2, 0) is 0 Å². The van der Waals surface area contributed by atoms with Crippen LogP contribution in [0.4, 0.5) is 0 Å². The van der Waals surface area contributed by atoms with Crippen molar-refractivity contribution in [1.82, 2.24) is 5.32 Å². The number of benzene rings is 1. The summed E-state index contributed by atoms with van der Waals surface area (Å²) in [5, 5.41) is 4.69. The molecule has 0 heterocycles. The van der Waals surface area contributed by atoms with E-state index in [2.05, 4.69) is 31.3 Å². The average Bonchev–Trinajstić information content (AvgIpc) is 2.42. The highest BCUT2D eigenvalue weighted by Crippen LogP contribution is 2.39. The second-order valence-corrected chi connectivity index (χ2v) is 6.62. The molecule has 1 aliphatic carbocycles. The van der Waals surface area contributed by atoms with E-state index in [-0.39, 0.29) is 0 Å². The van der Waals surface area contributed by atoms with E-state index in [0.29, 0.717) is 12.0 Å². The van der Waals surface area contributed by atoms with Crippen LogP contribution < -0.4 is 5.32 Å². The van der Waals surface area contributed by atoms with Gasteiger partial charge in [-0.05, 0) is 49.3 Å². The number of halogens is 1. The van der Waals surface area contributed by atoms with Crippen LogP contribution in [0.3, 0.4) is 0 Å². The molecule has 20 heavy (non-hydrogen) atoms. The van der Waals surface area contributed by atoms with E-state index in [4.69, 9.17) is 11.6 Å². The standard InChI is InChI=1S/C18H28ClN/c1-3-5-8-14(4-2)13-20-16-11-15(12-16)17-9-6-7-10-18(17)19/h6-7,9-10,14-16,20H,3-5,8,11-13H2,1-2H3. The topological polar surface area (TPSA) is 12.0 Å². The van der Waals surface area contributed by atoms with E-state index in [1.165, 1.54) is 50.6 Å². The minimum absolute atomic E-state index is 0.664. The molecule has 2 heteroatoms. The quantitative estimate of drug-likeness (QED) is 0.677. The van der Waals surface area contributed by atoms with E-state index >= 15 is 0 Å². The lowest BCUT2D eigenvalue weighted by molar-refractivity contribution is 0.269. The third-order valence-electron chi connectivity index (χ3n) is 4.72. The first-order valence-corrected chi connectivity index (χ1v) is 8.60. The van der Waals surface area contributed by atoms with Gasteiger partial charge < -0.3 is 5.32 Å². The molecule has 1 aromatic carbocycles. The van der Waals surface area contributed by atoms with Gasteiger partial charge in [-0.2, -0.15) is 0 Å². The maximum Gasteiger partial charge on any atom is 0.0440 e. The summed E-state index contributed by atoms with van der Waals surface area (Å²) in [5.41, 5.74) is 1.34. The number of rotatable bonds is 8. The summed E-state index contributed by atoms with van der Waals surface area (Å²) < 4.78 is 0. The van der Waals surface area contributed by atoms with Gasteiger partial charge in [0.25, 0.3) is 0 Å². The predicted molar refractivity (Wildman–Crippen MR) is 88.5 cm³/mol. The summed E-state index contributed by atoms with van der Waals surface area (Å²) >= 11 is 6.27. The molecule has 1 N–H and O–H groups in total. The molecule has 1 aromatic rings. The maximum atomic E-state index is 6.27. The molecule has 1 nitrogen and oxygen atoms in total. The van der Waals surface area contributed by atoms with Gasteiger partial charge in [-0.15, -0.1) is 0 Å². The van der Waals surface area contributed by atoms with Gasteiger partial charge >= 0.3 is 0 Å². The Labute approximate surface area is 129 Å². The van der Waals surface area contributed by atoms with Crippen LogP contribution in [0.1, 0.15) is 63.9 Å². The molecule has 0 aromatic heterocycles. The van der Waals surface area contributed by atoms with Crippen molar-refractivity contribution in [1.29, 1.82) is 0 Å². The van der Waals surface area contributed by atoms with Crippen LogP contribution in [-0.4, -0.2) is 12.6 Å². The number of hydrogen-bond acceptors (Lipinski definition) is 1. The Balaban J connectivity index is 1.70. The fraction of sp³-hybridized carbons (Fsp3) is 0.667. The van der Waals surface area contributed by atoms with Crippen molar-refractivity contribution in [3.8, 4) is 0 Å². The van der Waals surface area contributed by atoms with Crippen molar-refractivity contribution in [2.75, 3.05) is 6.54 Å². The van der Waals surface area contributed by atoms with Crippen molar-refractivity contribution in [2.24, 2.45) is 5.92 Å². The summed E-state index contributed by atoms with van der Waals surface area (Å²) in [6.07, 6.45) is 7.85. The second-order valence-electron chi connectivity index (χ2n) is 6.21. The van der Waals surface area contributed by atoms with Crippen LogP contribution in [0.25, 0.3) is 0 Å². The van der Waals surface area contributed by atoms with Gasteiger partial charge in [0.2, 0.25) is 0 Å². The lowest BCUT2D eigenvalue weighted by Crippen LogP contribution is -2.42. The van der Waals surface area contributed by atoms with Gasteiger partial charge in [0, 0.05) is 11.1 Å². The third-order valence-corrected chi connectivity index (χ3v) is 5.07. The summed E-state index contributed by atoms with van der Waals surface area (Å²) in [5.74, 6) is 1.52. The van der Waals surface area contributed by atoms with Crippen molar-refractivity contribution in [3.63, 3.8) is 0 Å². The molecule has 2 rings (SSSR count). The van der Waals surface area contributed by atoms with Gasteiger partial charge in [-0.1, -0.05) is 62.9 Å². The molecule has 0 radical (unpaired) electrons. The first-order chi connectivity index (χ1) is 9.74. The number of nitrogens with one attached hydrogen (secondary N) is 1. The zero-order valence-electron chi connectivity index (χ0n) is 12.9. The number of hydrogen-bond donors (Lipinski definition) is 1. The van der Waals surface area contributed by atoms with Crippen molar-refractivity contribution >= 4 is 11.6 Å². The van der Waals surface area contributed by atoms with Crippen molar-refractivity contribution < 1.29 is 0 Å². The van der Waals surface area contributed by atoms with Crippen molar-refractivity contribution in [3.05, 3.63) is 34.9 Å². The van der Waals surface area contributed by atoms with E-state index in [1.54, 1.807) is 0 Å². The SMILES string of the molecule is CCCCC(CC)CNC1CC(c2ccccc2Cl)C1. The number of unbranched alkanes of at least 4 members (excludes halogenated alkanes) is 1. The van der Waals surface area contributed by atoms with Gasteiger partial charge in [0.15, 0.2) is 0 Å². The highest BCUT2D eigenvalue weighted by Gasteiger charge is 2.31. The molecule has 0 amide bonds. The third kappa shape index (κ3) is 4.23. The molecule has 112 valence electrons. The minimum atomic E-state index is 0.664. The minimum Gasteiger partial charge on any atom is -0.314 e. The molecule has 1 unspecified atom stereocenters. The molecule has 0 bridgehead atoms. The Bertz CT molecular complexity index is 398. The fourth-order valence-corrected chi connectivity index (χ4v) is 3.41. The Morgan fingerprint density at radius 3 is 2.65 bits per heavy atom. The van der Waals surface area contributed by atoms with Crippen LogP contribution in [0.2, 0.25) is 5.02 Å². The summed E-state index contributed by atoms with van der Waals surface area (Å²) in [6.45, 7) is 5.78. The van der Waals surface area contributed by atoms with E-state index < -0.39 is 0 Å². The zero-order chi connectivity index (χ0) is 14.4. The molecule has 1 aliphatic rings. The van der Waals surface area contributed by atoms with Gasteiger partial charge in [-0.25, -0.2) is 0 Å². The first kappa shape index (κ1) is 15.9. The van der Waals surface area contributed by atoms with Gasteiger partial charge in [0.05, 0.1) is 0 Å². The fourth-order valence-electron chi connectivity index (χ4n) is 3.12. The lowest BCUT2D eigenvalue weighted by atomic mass is 9.75. The molecule has 1 saturated carbocycles. The van der Waals surface area contributed by atoms with Crippen LogP contribution in [0.5, 0.6) is 0 Å². The Kier molecular flexibility index (Phi) is 6.38. The molecular weight excluding hydrogens is 266 g/mol. The predicted octanol–water partition coefficient (Wildman–Crippen LogP) is 5.39. The van der Waals surface area contributed by atoms with Crippen LogP contribution >= 0.6 is 11.6 Å². The molecule has 1 atom stereocenters. The van der Waals surface area contributed by atoms with Crippen molar-refractivity contribution in [2.45, 2.75) is 64.3 Å². The highest BCUT2D eigenvalue weighted by molar-refractivity contribution is 6.31. The van der Waals surface area contributed by atoms with E-state index in [1.807, 2.05) is 12.1 Å². The van der Waals surface area contributed by atoms with Gasteiger partial charge in [0.1, 0.15) is 0 Å². The molecule has 1 fully saturated rings. The first-order valence-electron chi connectivity index (χ1n) is 8.22. The second kappa shape index (κ2) is 8.05. The highest BCUT2D eigenvalue weighted by atomic mass is 35.5. The normalized spacial score (nSPS) is 23.4. The van der Waals surface area contributed by atoms with Crippen LogP contribution in [0, 0.1) is 5.92 Å². The monoisotopic (exact) mass is 293 g/mol. The summed E-state index contributed by atoms with van der Waals surface area (Å²) in [7, 11) is 0.